The Morgan fingerprint density at radius 3 is 2.59 bits per heavy atom. The molecule has 0 spiro atoms. The van der Waals surface area contributed by atoms with Gasteiger partial charge in [0.25, 0.3) is 5.91 Å². The van der Waals surface area contributed by atoms with E-state index in [9.17, 15) is 9.59 Å². The van der Waals surface area contributed by atoms with Crippen molar-refractivity contribution >= 4 is 11.8 Å². The summed E-state index contributed by atoms with van der Waals surface area (Å²) in [7, 11) is 3.60. The van der Waals surface area contributed by atoms with Crippen LogP contribution in [-0.2, 0) is 23.1 Å². The van der Waals surface area contributed by atoms with Crippen molar-refractivity contribution in [3.63, 3.8) is 0 Å². The minimum atomic E-state index is -0.206. The minimum Gasteiger partial charge on any atom is -0.454 e. The maximum atomic E-state index is 13.3. The summed E-state index contributed by atoms with van der Waals surface area (Å²) in [6.07, 6.45) is 4.52. The SMILES string of the molecule is CCCCN(Cc1cccn1C)C(=O)CN(CCCOC)C(=O)c1ccc2c(c1)OCO2. The third-order valence-corrected chi connectivity index (χ3v) is 5.55. The number of aryl methyl sites for hydroxylation is 1. The molecule has 2 amide bonds. The van der Waals surface area contributed by atoms with Crippen LogP contribution in [0.25, 0.3) is 0 Å². The highest BCUT2D eigenvalue weighted by Gasteiger charge is 2.24. The standard InChI is InChI=1S/C24H33N3O5/c1-4-5-12-26(16-20-8-6-11-25(20)2)23(28)17-27(13-7-14-30-3)24(29)19-9-10-21-22(15-19)32-18-31-21/h6,8-11,15H,4-5,7,12-14,16-18H2,1-3H3. The van der Waals surface area contributed by atoms with Gasteiger partial charge in [0.2, 0.25) is 12.7 Å². The molecule has 0 aliphatic carbocycles. The van der Waals surface area contributed by atoms with Crippen molar-refractivity contribution in [1.82, 2.24) is 14.4 Å². The predicted molar refractivity (Wildman–Crippen MR) is 121 cm³/mol. The van der Waals surface area contributed by atoms with Crippen molar-refractivity contribution in [3.05, 3.63) is 47.8 Å². The van der Waals surface area contributed by atoms with Gasteiger partial charge in [-0.2, -0.15) is 0 Å². The average molecular weight is 444 g/mol. The average Bonchev–Trinajstić information content (AvgIpc) is 3.43. The summed E-state index contributed by atoms with van der Waals surface area (Å²) in [6, 6.07) is 9.10. The highest BCUT2D eigenvalue weighted by Crippen LogP contribution is 2.32. The molecule has 32 heavy (non-hydrogen) atoms. The number of rotatable bonds is 12. The summed E-state index contributed by atoms with van der Waals surface area (Å²) >= 11 is 0. The van der Waals surface area contributed by atoms with E-state index in [1.54, 1.807) is 30.2 Å². The lowest BCUT2D eigenvalue weighted by molar-refractivity contribution is -0.132. The van der Waals surface area contributed by atoms with Crippen LogP contribution in [0, 0.1) is 0 Å². The van der Waals surface area contributed by atoms with E-state index in [4.69, 9.17) is 14.2 Å². The Kier molecular flexibility index (Phi) is 8.56. The third-order valence-electron chi connectivity index (χ3n) is 5.55. The van der Waals surface area contributed by atoms with Gasteiger partial charge in [0.15, 0.2) is 11.5 Å². The summed E-state index contributed by atoms with van der Waals surface area (Å²) in [5, 5.41) is 0. The van der Waals surface area contributed by atoms with Crippen molar-refractivity contribution in [2.45, 2.75) is 32.7 Å². The van der Waals surface area contributed by atoms with E-state index >= 15 is 0 Å². The number of benzene rings is 1. The molecular weight excluding hydrogens is 410 g/mol. The molecule has 8 heteroatoms. The summed E-state index contributed by atoms with van der Waals surface area (Å²) in [4.78, 5) is 30.0. The quantitative estimate of drug-likeness (QED) is 0.472. The van der Waals surface area contributed by atoms with E-state index in [0.29, 0.717) is 49.7 Å². The van der Waals surface area contributed by atoms with Gasteiger partial charge in [-0.25, -0.2) is 0 Å². The van der Waals surface area contributed by atoms with Gasteiger partial charge in [-0.1, -0.05) is 13.3 Å². The van der Waals surface area contributed by atoms with E-state index in [-0.39, 0.29) is 25.2 Å². The number of amides is 2. The molecule has 3 rings (SSSR count). The van der Waals surface area contributed by atoms with Gasteiger partial charge in [-0.05, 0) is 43.2 Å². The molecule has 0 unspecified atom stereocenters. The second-order valence-electron chi connectivity index (χ2n) is 7.92. The Morgan fingerprint density at radius 1 is 1.09 bits per heavy atom. The first kappa shape index (κ1) is 23.7. The Morgan fingerprint density at radius 2 is 1.88 bits per heavy atom. The Bertz CT molecular complexity index is 911. The number of unbranched alkanes of at least 4 members (excludes halogenated alkanes) is 1. The summed E-state index contributed by atoms with van der Waals surface area (Å²) in [5.74, 6) is 0.900. The van der Waals surface area contributed by atoms with Gasteiger partial charge in [-0.3, -0.25) is 9.59 Å². The molecule has 0 radical (unpaired) electrons. The van der Waals surface area contributed by atoms with E-state index < -0.39 is 0 Å². The van der Waals surface area contributed by atoms with Crippen LogP contribution >= 0.6 is 0 Å². The van der Waals surface area contributed by atoms with Crippen molar-refractivity contribution in [2.24, 2.45) is 7.05 Å². The van der Waals surface area contributed by atoms with E-state index in [0.717, 1.165) is 18.5 Å². The number of aromatic nitrogens is 1. The van der Waals surface area contributed by atoms with Crippen LogP contribution in [0.4, 0.5) is 0 Å². The number of carbonyl (C=O) groups excluding carboxylic acids is 2. The van der Waals surface area contributed by atoms with Crippen molar-refractivity contribution < 1.29 is 23.8 Å². The van der Waals surface area contributed by atoms with Crippen molar-refractivity contribution in [1.29, 1.82) is 0 Å². The molecule has 0 fully saturated rings. The normalized spacial score (nSPS) is 12.1. The van der Waals surface area contributed by atoms with Gasteiger partial charge in [-0.15, -0.1) is 0 Å². The molecule has 0 saturated carbocycles. The lowest BCUT2D eigenvalue weighted by atomic mass is 10.1. The smallest absolute Gasteiger partial charge is 0.254 e. The number of hydrogen-bond acceptors (Lipinski definition) is 5. The molecule has 0 atom stereocenters. The number of carbonyl (C=O) groups is 2. The van der Waals surface area contributed by atoms with Crippen LogP contribution in [0.5, 0.6) is 11.5 Å². The number of fused-ring (bicyclic) bond motifs is 1. The Balaban J connectivity index is 1.75. The van der Waals surface area contributed by atoms with Crippen LogP contribution in [0.1, 0.15) is 42.2 Å². The Hall–Kier alpha value is -3.00. The largest absolute Gasteiger partial charge is 0.454 e. The summed E-state index contributed by atoms with van der Waals surface area (Å²) < 4.78 is 17.9. The molecule has 2 aromatic rings. The number of nitrogens with zero attached hydrogens (tertiary/aromatic N) is 3. The fraction of sp³-hybridized carbons (Fsp3) is 0.500. The van der Waals surface area contributed by atoms with Crippen LogP contribution in [0.2, 0.25) is 0 Å². The lowest BCUT2D eigenvalue weighted by Gasteiger charge is -2.28. The van der Waals surface area contributed by atoms with Crippen LogP contribution in [0.15, 0.2) is 36.5 Å². The molecule has 1 aromatic carbocycles. The first-order valence-corrected chi connectivity index (χ1v) is 11.1. The Labute approximate surface area is 189 Å². The fourth-order valence-corrected chi connectivity index (χ4v) is 3.62. The molecule has 1 aliphatic heterocycles. The van der Waals surface area contributed by atoms with Crippen LogP contribution < -0.4 is 9.47 Å². The molecule has 0 N–H and O–H groups in total. The van der Waals surface area contributed by atoms with E-state index in [2.05, 4.69) is 6.92 Å². The number of ether oxygens (including phenoxy) is 3. The fourth-order valence-electron chi connectivity index (χ4n) is 3.62. The third kappa shape index (κ3) is 6.03. The molecule has 1 aromatic heterocycles. The topological polar surface area (TPSA) is 73.2 Å². The van der Waals surface area contributed by atoms with Crippen LogP contribution in [0.3, 0.4) is 0 Å². The van der Waals surface area contributed by atoms with Gasteiger partial charge in [0, 0.05) is 51.3 Å². The minimum absolute atomic E-state index is 0.0190. The molecule has 0 bridgehead atoms. The highest BCUT2D eigenvalue weighted by atomic mass is 16.7. The number of methoxy groups -OCH3 is 1. The maximum absolute atomic E-state index is 13.3. The molecule has 174 valence electrons. The summed E-state index contributed by atoms with van der Waals surface area (Å²) in [5.41, 5.74) is 1.53. The van der Waals surface area contributed by atoms with Gasteiger partial charge >= 0.3 is 0 Å². The van der Waals surface area contributed by atoms with E-state index in [1.807, 2.05) is 34.8 Å². The molecule has 2 heterocycles. The molecule has 1 aliphatic rings. The van der Waals surface area contributed by atoms with Gasteiger partial charge in [0.1, 0.15) is 6.54 Å². The van der Waals surface area contributed by atoms with Crippen molar-refractivity contribution in [2.75, 3.05) is 40.1 Å². The van der Waals surface area contributed by atoms with Crippen LogP contribution in [-0.4, -0.2) is 66.3 Å². The molecular formula is C24H33N3O5. The monoisotopic (exact) mass is 443 g/mol. The first-order chi connectivity index (χ1) is 15.5. The zero-order valence-electron chi connectivity index (χ0n) is 19.2. The van der Waals surface area contributed by atoms with Gasteiger partial charge in [0.05, 0.1) is 6.54 Å². The van der Waals surface area contributed by atoms with Gasteiger partial charge < -0.3 is 28.6 Å². The second kappa shape index (κ2) is 11.6. The zero-order valence-corrected chi connectivity index (χ0v) is 19.2. The van der Waals surface area contributed by atoms with Crippen molar-refractivity contribution in [3.8, 4) is 11.5 Å². The maximum Gasteiger partial charge on any atom is 0.254 e. The number of hydrogen-bond donors (Lipinski definition) is 0. The summed E-state index contributed by atoms with van der Waals surface area (Å²) in [6.45, 7) is 4.39. The van der Waals surface area contributed by atoms with E-state index in [1.165, 1.54) is 0 Å². The molecule has 0 saturated heterocycles. The lowest BCUT2D eigenvalue weighted by Crippen LogP contribution is -2.43. The molecule has 8 nitrogen and oxygen atoms in total. The first-order valence-electron chi connectivity index (χ1n) is 11.1. The highest BCUT2D eigenvalue weighted by molar-refractivity contribution is 5.97. The zero-order chi connectivity index (χ0) is 22.9. The predicted octanol–water partition coefficient (Wildman–Crippen LogP) is 3.06. The second-order valence-corrected chi connectivity index (χ2v) is 7.92.